The first-order valence-electron chi connectivity index (χ1n) is 6.01. The standard InChI is InChI=1S/C12H13BrN4O2/c13-8-2-1-5-15-9(8)10-16-11(19-17-10)12(14)3-6-18-7-4-12/h1-2,5H,3-4,6-7,14H2. The molecule has 19 heavy (non-hydrogen) atoms. The summed E-state index contributed by atoms with van der Waals surface area (Å²) in [5.74, 6) is 0.891. The van der Waals surface area contributed by atoms with Crippen LogP contribution in [0.15, 0.2) is 27.3 Å². The van der Waals surface area contributed by atoms with E-state index in [0.29, 0.717) is 43.5 Å². The number of pyridine rings is 1. The van der Waals surface area contributed by atoms with Crippen molar-refractivity contribution in [1.29, 1.82) is 0 Å². The molecule has 6 nitrogen and oxygen atoms in total. The zero-order chi connectivity index (χ0) is 13.3. The van der Waals surface area contributed by atoms with Gasteiger partial charge < -0.3 is 15.0 Å². The van der Waals surface area contributed by atoms with Crippen molar-refractivity contribution < 1.29 is 9.26 Å². The highest BCUT2D eigenvalue weighted by Gasteiger charge is 2.36. The number of hydrogen-bond acceptors (Lipinski definition) is 6. The van der Waals surface area contributed by atoms with Gasteiger partial charge in [-0.15, -0.1) is 0 Å². The van der Waals surface area contributed by atoms with E-state index in [-0.39, 0.29) is 0 Å². The SMILES string of the molecule is NC1(c2nc(-c3ncccc3Br)no2)CCOCC1. The molecule has 1 saturated heterocycles. The lowest BCUT2D eigenvalue weighted by Gasteiger charge is -2.29. The predicted molar refractivity (Wildman–Crippen MR) is 71.1 cm³/mol. The van der Waals surface area contributed by atoms with Crippen LogP contribution in [0.1, 0.15) is 18.7 Å². The number of nitrogens with zero attached hydrogens (tertiary/aromatic N) is 3. The summed E-state index contributed by atoms with van der Waals surface area (Å²) < 4.78 is 11.4. The Balaban J connectivity index is 1.93. The molecule has 100 valence electrons. The number of aromatic nitrogens is 3. The van der Waals surface area contributed by atoms with Gasteiger partial charge in [-0.1, -0.05) is 5.16 Å². The lowest BCUT2D eigenvalue weighted by Crippen LogP contribution is -2.42. The second-order valence-corrected chi connectivity index (χ2v) is 5.38. The summed E-state index contributed by atoms with van der Waals surface area (Å²) in [5, 5.41) is 3.97. The monoisotopic (exact) mass is 324 g/mol. The van der Waals surface area contributed by atoms with Gasteiger partial charge >= 0.3 is 0 Å². The summed E-state index contributed by atoms with van der Waals surface area (Å²) in [5.41, 5.74) is 6.36. The third-order valence-corrected chi connectivity index (χ3v) is 3.85. The van der Waals surface area contributed by atoms with Crippen molar-refractivity contribution in [2.45, 2.75) is 18.4 Å². The van der Waals surface area contributed by atoms with Crippen LogP contribution in [0.3, 0.4) is 0 Å². The normalized spacial score (nSPS) is 18.4. The van der Waals surface area contributed by atoms with Crippen LogP contribution in [0.5, 0.6) is 0 Å². The van der Waals surface area contributed by atoms with Gasteiger partial charge in [-0.2, -0.15) is 4.98 Å². The second-order valence-electron chi connectivity index (χ2n) is 4.53. The molecule has 7 heteroatoms. The third-order valence-electron chi connectivity index (χ3n) is 3.21. The van der Waals surface area contributed by atoms with E-state index in [1.54, 1.807) is 6.20 Å². The van der Waals surface area contributed by atoms with Crippen molar-refractivity contribution >= 4 is 15.9 Å². The lowest BCUT2D eigenvalue weighted by molar-refractivity contribution is 0.0400. The highest BCUT2D eigenvalue weighted by atomic mass is 79.9. The average Bonchev–Trinajstić information content (AvgIpc) is 2.90. The van der Waals surface area contributed by atoms with E-state index < -0.39 is 5.54 Å². The quantitative estimate of drug-likeness (QED) is 0.907. The topological polar surface area (TPSA) is 87.1 Å². The molecule has 2 N–H and O–H groups in total. The summed E-state index contributed by atoms with van der Waals surface area (Å²) >= 11 is 3.42. The van der Waals surface area contributed by atoms with Gasteiger partial charge in [0.15, 0.2) is 0 Å². The van der Waals surface area contributed by atoms with Crippen LogP contribution in [-0.4, -0.2) is 28.3 Å². The molecule has 0 unspecified atom stereocenters. The lowest BCUT2D eigenvalue weighted by atomic mass is 9.91. The van der Waals surface area contributed by atoms with Crippen LogP contribution in [-0.2, 0) is 10.3 Å². The van der Waals surface area contributed by atoms with Crippen molar-refractivity contribution in [2.75, 3.05) is 13.2 Å². The Kier molecular flexibility index (Phi) is 3.34. The molecule has 2 aromatic rings. The van der Waals surface area contributed by atoms with Gasteiger partial charge in [0.2, 0.25) is 11.7 Å². The molecular formula is C12H13BrN4O2. The molecule has 0 amide bonds. The fourth-order valence-electron chi connectivity index (χ4n) is 2.02. The van der Waals surface area contributed by atoms with Crippen LogP contribution in [0.25, 0.3) is 11.5 Å². The molecule has 0 aliphatic carbocycles. The maximum Gasteiger partial charge on any atom is 0.247 e. The maximum atomic E-state index is 6.30. The first kappa shape index (κ1) is 12.7. The maximum absolute atomic E-state index is 6.30. The van der Waals surface area contributed by atoms with Gasteiger partial charge in [0.05, 0.1) is 0 Å². The molecule has 0 saturated carbocycles. The van der Waals surface area contributed by atoms with Crippen LogP contribution in [0, 0.1) is 0 Å². The highest BCUT2D eigenvalue weighted by molar-refractivity contribution is 9.10. The largest absolute Gasteiger partial charge is 0.381 e. The minimum Gasteiger partial charge on any atom is -0.381 e. The van der Waals surface area contributed by atoms with Gasteiger partial charge in [0, 0.05) is 23.9 Å². The highest BCUT2D eigenvalue weighted by Crippen LogP contribution is 2.30. The Morgan fingerprint density at radius 1 is 1.32 bits per heavy atom. The van der Waals surface area contributed by atoms with Gasteiger partial charge in [-0.05, 0) is 40.9 Å². The second kappa shape index (κ2) is 4.99. The molecule has 1 aliphatic heterocycles. The van der Waals surface area contributed by atoms with E-state index in [9.17, 15) is 0 Å². The molecule has 0 aromatic carbocycles. The average molecular weight is 325 g/mol. The summed E-state index contributed by atoms with van der Waals surface area (Å²) in [6.07, 6.45) is 3.04. The Labute approximate surface area is 118 Å². The molecule has 1 fully saturated rings. The van der Waals surface area contributed by atoms with E-state index in [1.165, 1.54) is 0 Å². The van der Waals surface area contributed by atoms with E-state index in [0.717, 1.165) is 4.47 Å². The minimum absolute atomic E-state index is 0.443. The molecule has 0 radical (unpaired) electrons. The molecular weight excluding hydrogens is 312 g/mol. The van der Waals surface area contributed by atoms with Gasteiger partial charge in [-0.3, -0.25) is 4.98 Å². The fraction of sp³-hybridized carbons (Fsp3) is 0.417. The summed E-state index contributed by atoms with van der Waals surface area (Å²) in [6.45, 7) is 1.23. The van der Waals surface area contributed by atoms with Crippen LogP contribution in [0.4, 0.5) is 0 Å². The van der Waals surface area contributed by atoms with Crippen LogP contribution < -0.4 is 5.73 Å². The number of rotatable bonds is 2. The molecule has 1 aliphatic rings. The predicted octanol–water partition coefficient (Wildman–Crippen LogP) is 1.86. The molecule has 3 heterocycles. The smallest absolute Gasteiger partial charge is 0.247 e. The summed E-state index contributed by atoms with van der Waals surface area (Å²) in [7, 11) is 0. The first-order chi connectivity index (χ1) is 9.19. The van der Waals surface area contributed by atoms with Crippen molar-refractivity contribution in [3.63, 3.8) is 0 Å². The minimum atomic E-state index is -0.593. The Hall–Kier alpha value is -1.31. The van der Waals surface area contributed by atoms with Crippen molar-refractivity contribution in [3.8, 4) is 11.5 Å². The summed E-state index contributed by atoms with van der Waals surface area (Å²) in [6, 6.07) is 3.71. The fourth-order valence-corrected chi connectivity index (χ4v) is 2.45. The van der Waals surface area contributed by atoms with Crippen LogP contribution >= 0.6 is 15.9 Å². The van der Waals surface area contributed by atoms with E-state index in [2.05, 4.69) is 31.1 Å². The number of nitrogens with two attached hydrogens (primary N) is 1. The molecule has 0 atom stereocenters. The van der Waals surface area contributed by atoms with Crippen molar-refractivity contribution in [3.05, 3.63) is 28.7 Å². The summed E-state index contributed by atoms with van der Waals surface area (Å²) in [4.78, 5) is 8.62. The first-order valence-corrected chi connectivity index (χ1v) is 6.80. The van der Waals surface area contributed by atoms with Crippen molar-refractivity contribution in [1.82, 2.24) is 15.1 Å². The van der Waals surface area contributed by atoms with Gasteiger partial charge in [0.1, 0.15) is 11.2 Å². The number of hydrogen-bond donors (Lipinski definition) is 1. The molecule has 2 aromatic heterocycles. The van der Waals surface area contributed by atoms with E-state index >= 15 is 0 Å². The molecule has 0 bridgehead atoms. The van der Waals surface area contributed by atoms with E-state index in [4.69, 9.17) is 15.0 Å². The number of ether oxygens (including phenoxy) is 1. The van der Waals surface area contributed by atoms with Gasteiger partial charge in [0.25, 0.3) is 0 Å². The molecule has 0 spiro atoms. The Morgan fingerprint density at radius 2 is 2.11 bits per heavy atom. The Morgan fingerprint density at radius 3 is 2.84 bits per heavy atom. The number of halogens is 1. The van der Waals surface area contributed by atoms with E-state index in [1.807, 2.05) is 12.1 Å². The van der Waals surface area contributed by atoms with Crippen LogP contribution in [0.2, 0.25) is 0 Å². The zero-order valence-electron chi connectivity index (χ0n) is 10.2. The van der Waals surface area contributed by atoms with Gasteiger partial charge in [-0.25, -0.2) is 0 Å². The molecule has 3 rings (SSSR count). The zero-order valence-corrected chi connectivity index (χ0v) is 11.8. The third kappa shape index (κ3) is 2.41. The Bertz CT molecular complexity index is 581. The van der Waals surface area contributed by atoms with Crippen molar-refractivity contribution in [2.24, 2.45) is 5.73 Å².